The first-order valence-electron chi connectivity index (χ1n) is 8.39. The van der Waals surface area contributed by atoms with E-state index >= 15 is 0 Å². The summed E-state index contributed by atoms with van der Waals surface area (Å²) in [5.74, 6) is 1.12. The van der Waals surface area contributed by atoms with Crippen molar-refractivity contribution in [3.05, 3.63) is 41.6 Å². The number of ether oxygens (including phenoxy) is 1. The van der Waals surface area contributed by atoms with Crippen LogP contribution in [0.5, 0.6) is 5.75 Å². The van der Waals surface area contributed by atoms with Crippen molar-refractivity contribution in [2.24, 2.45) is 5.92 Å². The summed E-state index contributed by atoms with van der Waals surface area (Å²) in [7, 11) is 1.63. The van der Waals surface area contributed by atoms with Crippen molar-refractivity contribution < 1.29 is 9.53 Å². The zero-order valence-corrected chi connectivity index (χ0v) is 14.4. The van der Waals surface area contributed by atoms with Crippen LogP contribution >= 0.6 is 0 Å². The van der Waals surface area contributed by atoms with Gasteiger partial charge in [0.25, 0.3) is 5.91 Å². The highest BCUT2D eigenvalue weighted by Gasteiger charge is 2.16. The van der Waals surface area contributed by atoms with Crippen LogP contribution in [0.25, 0.3) is 0 Å². The summed E-state index contributed by atoms with van der Waals surface area (Å²) in [5, 5.41) is 12.1. The average Bonchev–Trinajstić information content (AvgIpc) is 2.60. The Morgan fingerprint density at radius 2 is 2.21 bits per heavy atom. The standard InChI is InChI=1S/C19H25N3O2/c1-15-4-3-11-22(13-15)14-17(12-20)19(23)21-10-9-16-5-7-18(24-2)8-6-16/h5-8,14-15H,3-4,9-11,13H2,1-2H3,(H,21,23)/b17-14-. The number of hydrogen-bond donors (Lipinski definition) is 1. The molecule has 1 saturated heterocycles. The quantitative estimate of drug-likeness (QED) is 0.644. The van der Waals surface area contributed by atoms with Crippen LogP contribution in [0, 0.1) is 17.2 Å². The zero-order chi connectivity index (χ0) is 17.4. The van der Waals surface area contributed by atoms with Crippen molar-refractivity contribution in [2.75, 3.05) is 26.7 Å². The molecule has 0 spiro atoms. The molecule has 1 unspecified atom stereocenters. The number of nitriles is 1. The Balaban J connectivity index is 1.84. The Labute approximate surface area is 143 Å². The molecule has 128 valence electrons. The highest BCUT2D eigenvalue weighted by atomic mass is 16.5. The van der Waals surface area contributed by atoms with Crippen LogP contribution in [-0.4, -0.2) is 37.6 Å². The smallest absolute Gasteiger partial charge is 0.263 e. The molecule has 1 aromatic carbocycles. The van der Waals surface area contributed by atoms with Crippen molar-refractivity contribution in [3.63, 3.8) is 0 Å². The molecule has 0 radical (unpaired) electrons. The van der Waals surface area contributed by atoms with E-state index in [0.29, 0.717) is 12.5 Å². The Morgan fingerprint density at radius 1 is 1.46 bits per heavy atom. The monoisotopic (exact) mass is 327 g/mol. The maximum Gasteiger partial charge on any atom is 0.263 e. The third kappa shape index (κ3) is 5.31. The third-order valence-electron chi connectivity index (χ3n) is 4.22. The number of hydrogen-bond acceptors (Lipinski definition) is 4. The van der Waals surface area contributed by atoms with Gasteiger partial charge in [-0.1, -0.05) is 19.1 Å². The van der Waals surface area contributed by atoms with Crippen LogP contribution in [0.3, 0.4) is 0 Å². The van der Waals surface area contributed by atoms with E-state index in [9.17, 15) is 10.1 Å². The summed E-state index contributed by atoms with van der Waals surface area (Å²) in [5.41, 5.74) is 1.29. The number of piperidine rings is 1. The van der Waals surface area contributed by atoms with Gasteiger partial charge in [-0.3, -0.25) is 4.79 Å². The van der Waals surface area contributed by atoms with Gasteiger partial charge in [0.2, 0.25) is 0 Å². The lowest BCUT2D eigenvalue weighted by atomic mass is 10.0. The minimum atomic E-state index is -0.302. The van der Waals surface area contributed by atoms with Crippen LogP contribution in [0.4, 0.5) is 0 Å². The third-order valence-corrected chi connectivity index (χ3v) is 4.22. The molecular weight excluding hydrogens is 302 g/mol. The van der Waals surface area contributed by atoms with Gasteiger partial charge in [-0.25, -0.2) is 0 Å². The van der Waals surface area contributed by atoms with Gasteiger partial charge in [-0.15, -0.1) is 0 Å². The van der Waals surface area contributed by atoms with Crippen molar-refractivity contribution in [3.8, 4) is 11.8 Å². The normalized spacial score (nSPS) is 18.0. The maximum absolute atomic E-state index is 12.2. The summed E-state index contributed by atoms with van der Waals surface area (Å²) in [6.45, 7) is 4.51. The topological polar surface area (TPSA) is 65.4 Å². The van der Waals surface area contributed by atoms with Gasteiger partial charge >= 0.3 is 0 Å². The number of rotatable bonds is 6. The predicted molar refractivity (Wildman–Crippen MR) is 93.4 cm³/mol. The van der Waals surface area contributed by atoms with Crippen LogP contribution in [0.1, 0.15) is 25.3 Å². The van der Waals surface area contributed by atoms with Crippen molar-refractivity contribution in [1.82, 2.24) is 10.2 Å². The second kappa shape index (κ2) is 8.97. The molecule has 1 fully saturated rings. The van der Waals surface area contributed by atoms with Crippen LogP contribution < -0.4 is 10.1 Å². The van der Waals surface area contributed by atoms with Gasteiger partial charge in [0.15, 0.2) is 0 Å². The molecule has 1 aliphatic heterocycles. The first-order valence-corrected chi connectivity index (χ1v) is 8.39. The summed E-state index contributed by atoms with van der Waals surface area (Å²) >= 11 is 0. The molecule has 1 heterocycles. The van der Waals surface area contributed by atoms with Gasteiger partial charge in [0.1, 0.15) is 17.4 Å². The van der Waals surface area contributed by atoms with E-state index < -0.39 is 0 Å². The van der Waals surface area contributed by atoms with Gasteiger partial charge < -0.3 is 15.0 Å². The lowest BCUT2D eigenvalue weighted by Crippen LogP contribution is -2.32. The molecule has 0 aromatic heterocycles. The van der Waals surface area contributed by atoms with E-state index in [2.05, 4.69) is 17.1 Å². The largest absolute Gasteiger partial charge is 0.497 e. The molecule has 0 aliphatic carbocycles. The average molecular weight is 327 g/mol. The second-order valence-electron chi connectivity index (χ2n) is 6.25. The van der Waals surface area contributed by atoms with Gasteiger partial charge in [-0.2, -0.15) is 5.26 Å². The number of benzene rings is 1. The summed E-state index contributed by atoms with van der Waals surface area (Å²) in [4.78, 5) is 14.3. The highest BCUT2D eigenvalue weighted by molar-refractivity contribution is 5.97. The lowest BCUT2D eigenvalue weighted by Gasteiger charge is -2.29. The Hall–Kier alpha value is -2.48. The maximum atomic E-state index is 12.2. The van der Waals surface area contributed by atoms with Gasteiger partial charge in [0.05, 0.1) is 7.11 Å². The molecule has 5 nitrogen and oxygen atoms in total. The zero-order valence-electron chi connectivity index (χ0n) is 14.4. The molecule has 1 amide bonds. The Kier molecular flexibility index (Phi) is 6.68. The molecular formula is C19H25N3O2. The molecule has 0 saturated carbocycles. The van der Waals surface area contributed by atoms with Gasteiger partial charge in [-0.05, 0) is 42.9 Å². The number of methoxy groups -OCH3 is 1. The van der Waals surface area contributed by atoms with E-state index in [-0.39, 0.29) is 11.5 Å². The molecule has 1 aromatic rings. The van der Waals surface area contributed by atoms with E-state index in [1.54, 1.807) is 13.3 Å². The first kappa shape index (κ1) is 17.9. The van der Waals surface area contributed by atoms with Crippen molar-refractivity contribution in [1.29, 1.82) is 5.26 Å². The predicted octanol–water partition coefficient (Wildman–Crippen LogP) is 2.49. The SMILES string of the molecule is COc1ccc(CCNC(=O)/C(C#N)=C\N2CCCC(C)C2)cc1. The van der Waals surface area contributed by atoms with Crippen LogP contribution in [0.2, 0.25) is 0 Å². The highest BCUT2D eigenvalue weighted by Crippen LogP contribution is 2.16. The minimum Gasteiger partial charge on any atom is -0.497 e. The van der Waals surface area contributed by atoms with Gasteiger partial charge in [0, 0.05) is 25.8 Å². The van der Waals surface area contributed by atoms with Crippen LogP contribution in [-0.2, 0) is 11.2 Å². The van der Waals surface area contributed by atoms with E-state index in [0.717, 1.165) is 37.2 Å². The summed E-state index contributed by atoms with van der Waals surface area (Å²) in [6.07, 6.45) is 4.74. The molecule has 24 heavy (non-hydrogen) atoms. The Morgan fingerprint density at radius 3 is 2.83 bits per heavy atom. The van der Waals surface area contributed by atoms with Crippen molar-refractivity contribution in [2.45, 2.75) is 26.2 Å². The summed E-state index contributed by atoms with van der Waals surface area (Å²) < 4.78 is 5.12. The number of nitrogens with zero attached hydrogens (tertiary/aromatic N) is 2. The number of nitrogens with one attached hydrogen (secondary N) is 1. The fourth-order valence-corrected chi connectivity index (χ4v) is 2.87. The first-order chi connectivity index (χ1) is 11.6. The number of likely N-dealkylation sites (tertiary alicyclic amines) is 1. The summed E-state index contributed by atoms with van der Waals surface area (Å²) in [6, 6.07) is 9.76. The number of amides is 1. The lowest BCUT2D eigenvalue weighted by molar-refractivity contribution is -0.117. The van der Waals surface area contributed by atoms with E-state index in [1.165, 1.54) is 6.42 Å². The number of carbonyl (C=O) groups is 1. The van der Waals surface area contributed by atoms with E-state index in [1.807, 2.05) is 30.3 Å². The Bertz CT molecular complexity index is 616. The van der Waals surface area contributed by atoms with E-state index in [4.69, 9.17) is 4.74 Å². The molecule has 0 bridgehead atoms. The fourth-order valence-electron chi connectivity index (χ4n) is 2.87. The second-order valence-corrected chi connectivity index (χ2v) is 6.25. The van der Waals surface area contributed by atoms with Crippen LogP contribution in [0.15, 0.2) is 36.0 Å². The molecule has 2 rings (SSSR count). The number of carbonyl (C=O) groups excluding carboxylic acids is 1. The van der Waals surface area contributed by atoms with Crippen molar-refractivity contribution >= 4 is 5.91 Å². The molecule has 1 N–H and O–H groups in total. The minimum absolute atomic E-state index is 0.179. The molecule has 1 atom stereocenters. The molecule has 1 aliphatic rings. The fraction of sp³-hybridized carbons (Fsp3) is 0.474. The molecule has 5 heteroatoms.